The number of rotatable bonds is 3. The summed E-state index contributed by atoms with van der Waals surface area (Å²) in [5, 5.41) is 13.2. The quantitative estimate of drug-likeness (QED) is 0.852. The predicted molar refractivity (Wildman–Crippen MR) is 60.8 cm³/mol. The maximum absolute atomic E-state index is 8.97. The van der Waals surface area contributed by atoms with Gasteiger partial charge in [0, 0.05) is 6.20 Å². The maximum atomic E-state index is 8.97. The van der Waals surface area contributed by atoms with Crippen LogP contribution in [0.3, 0.4) is 0 Å². The van der Waals surface area contributed by atoms with Gasteiger partial charge in [-0.1, -0.05) is 6.07 Å². The van der Waals surface area contributed by atoms with Crippen LogP contribution in [-0.2, 0) is 6.61 Å². The summed E-state index contributed by atoms with van der Waals surface area (Å²) in [6.07, 6.45) is 1.81. The fraction of sp³-hybridized carbons (Fsp3) is 0.250. The summed E-state index contributed by atoms with van der Waals surface area (Å²) in [5.74, 6) is 0.762. The van der Waals surface area contributed by atoms with Crippen molar-refractivity contribution < 1.29 is 9.84 Å². The van der Waals surface area contributed by atoms with E-state index < -0.39 is 0 Å². The van der Waals surface area contributed by atoms with E-state index >= 15 is 0 Å². The molecule has 1 aromatic heterocycles. The highest BCUT2D eigenvalue weighted by Gasteiger charge is 2.06. The summed E-state index contributed by atoms with van der Waals surface area (Å²) >= 11 is 0. The van der Waals surface area contributed by atoms with Crippen molar-refractivity contribution in [3.8, 4) is 11.4 Å². The second kappa shape index (κ2) is 4.37. The molecule has 0 unspecified atom stereocenters. The monoisotopic (exact) mass is 218 g/mol. The van der Waals surface area contributed by atoms with Crippen LogP contribution in [0.4, 0.5) is 0 Å². The summed E-state index contributed by atoms with van der Waals surface area (Å²) in [5.41, 5.74) is 2.66. The molecule has 2 rings (SSSR count). The average Bonchev–Trinajstić information content (AvgIpc) is 2.77. The number of aliphatic hydroxyl groups excluding tert-OH is 1. The molecular weight excluding hydrogens is 204 g/mol. The Kier molecular flexibility index (Phi) is 2.92. The van der Waals surface area contributed by atoms with Crippen LogP contribution in [0.25, 0.3) is 5.69 Å². The lowest BCUT2D eigenvalue weighted by Gasteiger charge is -2.09. The number of benzene rings is 1. The van der Waals surface area contributed by atoms with Crippen LogP contribution in [-0.4, -0.2) is 22.0 Å². The topological polar surface area (TPSA) is 47.3 Å². The van der Waals surface area contributed by atoms with E-state index in [0.29, 0.717) is 5.69 Å². The van der Waals surface area contributed by atoms with E-state index in [0.717, 1.165) is 17.0 Å². The van der Waals surface area contributed by atoms with Crippen molar-refractivity contribution in [2.45, 2.75) is 13.5 Å². The van der Waals surface area contributed by atoms with Gasteiger partial charge in [-0.2, -0.15) is 5.10 Å². The lowest BCUT2D eigenvalue weighted by molar-refractivity contribution is 0.276. The van der Waals surface area contributed by atoms with Crippen molar-refractivity contribution in [2.75, 3.05) is 7.11 Å². The molecule has 1 aromatic carbocycles. The lowest BCUT2D eigenvalue weighted by Crippen LogP contribution is -2.00. The minimum atomic E-state index is -0.0544. The molecule has 0 saturated heterocycles. The zero-order valence-electron chi connectivity index (χ0n) is 9.34. The molecule has 0 aliphatic rings. The molecule has 0 radical (unpaired) electrons. The van der Waals surface area contributed by atoms with Crippen molar-refractivity contribution in [1.82, 2.24) is 9.78 Å². The normalized spacial score (nSPS) is 10.4. The molecule has 0 atom stereocenters. The van der Waals surface area contributed by atoms with Crippen molar-refractivity contribution in [3.63, 3.8) is 0 Å². The van der Waals surface area contributed by atoms with Gasteiger partial charge in [0.25, 0.3) is 0 Å². The number of aliphatic hydroxyl groups is 1. The molecule has 1 heterocycles. The molecule has 1 N–H and O–H groups in total. The Morgan fingerprint density at radius 3 is 2.81 bits per heavy atom. The average molecular weight is 218 g/mol. The van der Waals surface area contributed by atoms with Gasteiger partial charge < -0.3 is 9.84 Å². The number of hydrogen-bond donors (Lipinski definition) is 1. The third kappa shape index (κ3) is 1.92. The highest BCUT2D eigenvalue weighted by Crippen LogP contribution is 2.23. The third-order valence-electron chi connectivity index (χ3n) is 2.39. The number of aryl methyl sites for hydroxylation is 1. The molecule has 0 fully saturated rings. The van der Waals surface area contributed by atoms with Crippen LogP contribution < -0.4 is 4.74 Å². The van der Waals surface area contributed by atoms with Gasteiger partial charge in [0.15, 0.2) is 0 Å². The second-order valence-electron chi connectivity index (χ2n) is 3.59. The molecule has 0 spiro atoms. The second-order valence-corrected chi connectivity index (χ2v) is 3.59. The van der Waals surface area contributed by atoms with Gasteiger partial charge in [-0.05, 0) is 30.7 Å². The SMILES string of the molecule is COc1ccc(C)cc1-n1ccc(CO)n1. The molecule has 84 valence electrons. The maximum Gasteiger partial charge on any atom is 0.144 e. The van der Waals surface area contributed by atoms with Crippen LogP contribution in [0, 0.1) is 6.92 Å². The molecule has 2 aromatic rings. The first kappa shape index (κ1) is 10.7. The number of aromatic nitrogens is 2. The minimum Gasteiger partial charge on any atom is -0.494 e. The largest absolute Gasteiger partial charge is 0.494 e. The van der Waals surface area contributed by atoms with Crippen molar-refractivity contribution in [2.24, 2.45) is 0 Å². The van der Waals surface area contributed by atoms with Gasteiger partial charge in [-0.15, -0.1) is 0 Å². The first-order valence-electron chi connectivity index (χ1n) is 5.05. The summed E-state index contributed by atoms with van der Waals surface area (Å²) in [6.45, 7) is 1.96. The van der Waals surface area contributed by atoms with E-state index in [4.69, 9.17) is 9.84 Å². The van der Waals surface area contributed by atoms with Gasteiger partial charge in [0.2, 0.25) is 0 Å². The third-order valence-corrected chi connectivity index (χ3v) is 2.39. The van der Waals surface area contributed by atoms with Crippen LogP contribution in [0.1, 0.15) is 11.3 Å². The first-order chi connectivity index (χ1) is 7.74. The summed E-state index contributed by atoms with van der Waals surface area (Å²) in [7, 11) is 1.63. The fourth-order valence-electron chi connectivity index (χ4n) is 1.56. The Morgan fingerprint density at radius 1 is 1.38 bits per heavy atom. The Hall–Kier alpha value is -1.81. The number of nitrogens with zero attached hydrogens (tertiary/aromatic N) is 2. The molecule has 16 heavy (non-hydrogen) atoms. The number of hydrogen-bond acceptors (Lipinski definition) is 3. The van der Waals surface area contributed by atoms with Crippen molar-refractivity contribution >= 4 is 0 Å². The molecule has 4 nitrogen and oxygen atoms in total. The molecule has 0 amide bonds. The molecular formula is C12H14N2O2. The van der Waals surface area contributed by atoms with Crippen LogP contribution in [0.5, 0.6) is 5.75 Å². The number of methoxy groups -OCH3 is 1. The van der Waals surface area contributed by atoms with E-state index in [1.165, 1.54) is 0 Å². The zero-order valence-corrected chi connectivity index (χ0v) is 9.34. The van der Waals surface area contributed by atoms with E-state index in [-0.39, 0.29) is 6.61 Å². The van der Waals surface area contributed by atoms with Gasteiger partial charge >= 0.3 is 0 Å². The fourth-order valence-corrected chi connectivity index (χ4v) is 1.56. The Balaban J connectivity index is 2.49. The molecule has 0 aliphatic heterocycles. The Bertz CT molecular complexity index is 492. The van der Waals surface area contributed by atoms with Gasteiger partial charge in [0.1, 0.15) is 11.4 Å². The zero-order chi connectivity index (χ0) is 11.5. The first-order valence-corrected chi connectivity index (χ1v) is 5.05. The standard InChI is InChI=1S/C12H14N2O2/c1-9-3-4-12(16-2)11(7-9)14-6-5-10(8-15)13-14/h3-7,15H,8H2,1-2H3. The minimum absolute atomic E-state index is 0.0544. The molecule has 0 bridgehead atoms. The Morgan fingerprint density at radius 2 is 2.19 bits per heavy atom. The van der Waals surface area contributed by atoms with E-state index in [2.05, 4.69) is 5.10 Å². The lowest BCUT2D eigenvalue weighted by atomic mass is 10.2. The van der Waals surface area contributed by atoms with E-state index in [9.17, 15) is 0 Å². The summed E-state index contributed by atoms with van der Waals surface area (Å²) in [6, 6.07) is 7.67. The molecule has 0 saturated carbocycles. The molecule has 0 aliphatic carbocycles. The predicted octanol–water partition coefficient (Wildman–Crippen LogP) is 1.68. The molecule has 4 heteroatoms. The highest BCUT2D eigenvalue weighted by atomic mass is 16.5. The van der Waals surface area contributed by atoms with Crippen LogP contribution >= 0.6 is 0 Å². The van der Waals surface area contributed by atoms with Gasteiger partial charge in [-0.3, -0.25) is 0 Å². The summed E-state index contributed by atoms with van der Waals surface area (Å²) < 4.78 is 6.98. The van der Waals surface area contributed by atoms with Crippen molar-refractivity contribution in [1.29, 1.82) is 0 Å². The summed E-state index contributed by atoms with van der Waals surface area (Å²) in [4.78, 5) is 0. The smallest absolute Gasteiger partial charge is 0.144 e. The van der Waals surface area contributed by atoms with Crippen LogP contribution in [0.15, 0.2) is 30.5 Å². The van der Waals surface area contributed by atoms with Crippen molar-refractivity contribution in [3.05, 3.63) is 41.7 Å². The number of ether oxygens (including phenoxy) is 1. The van der Waals surface area contributed by atoms with Crippen LogP contribution in [0.2, 0.25) is 0 Å². The van der Waals surface area contributed by atoms with Gasteiger partial charge in [0.05, 0.1) is 19.4 Å². The highest BCUT2D eigenvalue weighted by molar-refractivity contribution is 5.48. The van der Waals surface area contributed by atoms with E-state index in [1.807, 2.05) is 31.3 Å². The van der Waals surface area contributed by atoms with Gasteiger partial charge in [-0.25, -0.2) is 4.68 Å². The Labute approximate surface area is 94.1 Å². The van der Waals surface area contributed by atoms with E-state index in [1.54, 1.807) is 17.9 Å².